The van der Waals surface area contributed by atoms with E-state index in [4.69, 9.17) is 9.47 Å². The first-order valence-corrected chi connectivity index (χ1v) is 13.1. The molecule has 0 radical (unpaired) electrons. The lowest BCUT2D eigenvalue weighted by atomic mass is 10.0. The highest BCUT2D eigenvalue weighted by Gasteiger charge is 2.31. The Hall–Kier alpha value is -4.06. The van der Waals surface area contributed by atoms with Gasteiger partial charge in [-0.05, 0) is 59.1 Å². The number of hydrogen-bond acceptors (Lipinski definition) is 7. The van der Waals surface area contributed by atoms with Crippen LogP contribution in [-0.4, -0.2) is 45.6 Å². The molecule has 12 heteroatoms. The van der Waals surface area contributed by atoms with E-state index in [9.17, 15) is 18.0 Å². The van der Waals surface area contributed by atoms with Gasteiger partial charge in [0.25, 0.3) is 5.91 Å². The van der Waals surface area contributed by atoms with Crippen molar-refractivity contribution < 1.29 is 27.4 Å². The number of ether oxygens (including phenoxy) is 2. The van der Waals surface area contributed by atoms with Gasteiger partial charge in [-0.1, -0.05) is 18.6 Å². The molecule has 4 aromatic rings. The Morgan fingerprint density at radius 1 is 0.925 bits per heavy atom. The summed E-state index contributed by atoms with van der Waals surface area (Å²) in [4.78, 5) is 28.3. The molecule has 2 heterocycles. The van der Waals surface area contributed by atoms with Gasteiger partial charge < -0.3 is 14.8 Å². The van der Waals surface area contributed by atoms with Crippen molar-refractivity contribution in [1.82, 2.24) is 25.3 Å². The smallest absolute Gasteiger partial charge is 0.256 e. The molecule has 0 aliphatic heterocycles. The third-order valence-corrected chi connectivity index (χ3v) is 6.59. The van der Waals surface area contributed by atoms with Gasteiger partial charge in [-0.15, -0.1) is 0 Å². The van der Waals surface area contributed by atoms with E-state index in [1.165, 1.54) is 19.2 Å². The first-order chi connectivity index (χ1) is 19.3. The second kappa shape index (κ2) is 13.8. The Bertz CT molecular complexity index is 1390. The van der Waals surface area contributed by atoms with Gasteiger partial charge in [-0.2, -0.15) is 0 Å². The number of hydrogen-bond donors (Lipinski definition) is 1. The molecule has 1 N–H and O–H groups in total. The van der Waals surface area contributed by atoms with Crippen molar-refractivity contribution in [1.29, 1.82) is 0 Å². The summed E-state index contributed by atoms with van der Waals surface area (Å²) in [6.07, 6.45) is 7.00. The van der Waals surface area contributed by atoms with Crippen molar-refractivity contribution in [2.24, 2.45) is 5.92 Å². The zero-order valence-electron chi connectivity index (χ0n) is 21.4. The fourth-order valence-electron chi connectivity index (χ4n) is 4.27. The number of aromatic nitrogens is 4. The zero-order valence-corrected chi connectivity index (χ0v) is 22.9. The molecule has 1 saturated carbocycles. The monoisotopic (exact) mass is 615 g/mol. The van der Waals surface area contributed by atoms with Crippen molar-refractivity contribution in [3.63, 3.8) is 0 Å². The van der Waals surface area contributed by atoms with Crippen LogP contribution in [-0.2, 0) is 0 Å². The fourth-order valence-corrected chi connectivity index (χ4v) is 4.48. The maximum absolute atomic E-state index is 13.3. The summed E-state index contributed by atoms with van der Waals surface area (Å²) in [7, 11) is 1.48. The van der Waals surface area contributed by atoms with Crippen LogP contribution < -0.4 is 14.8 Å². The Kier molecular flexibility index (Phi) is 10.0. The lowest BCUT2D eigenvalue weighted by Gasteiger charge is -2.22. The van der Waals surface area contributed by atoms with Gasteiger partial charge in [-0.25, -0.2) is 33.1 Å². The van der Waals surface area contributed by atoms with Gasteiger partial charge in [0, 0.05) is 17.5 Å². The Morgan fingerprint density at radius 2 is 1.57 bits per heavy atom. The van der Waals surface area contributed by atoms with E-state index in [-0.39, 0.29) is 29.5 Å². The maximum atomic E-state index is 13.3. The van der Waals surface area contributed by atoms with Crippen molar-refractivity contribution in [3.05, 3.63) is 95.0 Å². The van der Waals surface area contributed by atoms with E-state index in [0.717, 1.165) is 44.0 Å². The molecular formula is C28H25BrF3N5O3. The first kappa shape index (κ1) is 28.9. The molecule has 0 unspecified atom stereocenters. The molecule has 8 nitrogen and oxygen atoms in total. The van der Waals surface area contributed by atoms with Gasteiger partial charge in [0.05, 0.1) is 44.1 Å². The average molecular weight is 616 g/mol. The molecule has 1 aliphatic carbocycles. The van der Waals surface area contributed by atoms with Crippen LogP contribution in [0.3, 0.4) is 0 Å². The summed E-state index contributed by atoms with van der Waals surface area (Å²) in [5, 5.41) is 3.10. The molecular weight excluding hydrogens is 591 g/mol. The molecule has 1 amide bonds. The number of carbonyl (C=O) groups is 1. The number of methoxy groups -OCH3 is 1. The highest BCUT2D eigenvalue weighted by Crippen LogP contribution is 2.31. The van der Waals surface area contributed by atoms with Gasteiger partial charge in [0.2, 0.25) is 0 Å². The molecule has 0 bridgehead atoms. The minimum Gasteiger partial charge on any atom is -0.496 e. The zero-order chi connectivity index (χ0) is 28.5. The molecule has 2 atom stereocenters. The standard InChI is InChI=1S/C24H23F2N3O3.C4H2BrFN2/c1-31-21-7-3-5-19(23-27-12-17(26)13-28-23)22(21)24(30)29-20-6-2-4-15(20)14-32-18-10-8-16(25)9-11-18;5-4-7-1-3(6)2-8-4/h3,5,7-13,15,20H,2,4,6,14H2,1H3,(H,29,30);1-2H/t15-,20+;/m1./s1. The summed E-state index contributed by atoms with van der Waals surface area (Å²) in [6.45, 7) is 0.413. The third kappa shape index (κ3) is 7.75. The Labute approximate surface area is 237 Å². The maximum Gasteiger partial charge on any atom is 0.256 e. The number of nitrogens with zero attached hydrogens (tertiary/aromatic N) is 4. The van der Waals surface area contributed by atoms with Crippen molar-refractivity contribution in [3.8, 4) is 22.9 Å². The number of carbonyl (C=O) groups excluding carboxylic acids is 1. The molecule has 2 aromatic heterocycles. The lowest BCUT2D eigenvalue weighted by molar-refractivity contribution is 0.0916. The second-order valence-electron chi connectivity index (χ2n) is 8.81. The summed E-state index contributed by atoms with van der Waals surface area (Å²) < 4.78 is 49.9. The lowest BCUT2D eigenvalue weighted by Crippen LogP contribution is -2.39. The number of nitrogens with one attached hydrogen (secondary N) is 1. The van der Waals surface area contributed by atoms with Crippen LogP contribution in [0.4, 0.5) is 13.2 Å². The molecule has 208 valence electrons. The molecule has 5 rings (SSSR count). The van der Waals surface area contributed by atoms with Crippen LogP contribution in [0.5, 0.6) is 11.5 Å². The van der Waals surface area contributed by atoms with Crippen LogP contribution >= 0.6 is 15.9 Å². The first-order valence-electron chi connectivity index (χ1n) is 12.3. The van der Waals surface area contributed by atoms with Gasteiger partial charge >= 0.3 is 0 Å². The molecule has 1 aliphatic rings. The molecule has 2 aromatic carbocycles. The topological polar surface area (TPSA) is 99.1 Å². The van der Waals surface area contributed by atoms with E-state index >= 15 is 0 Å². The normalized spacial score (nSPS) is 16.0. The van der Waals surface area contributed by atoms with Crippen LogP contribution in [0.2, 0.25) is 0 Å². The highest BCUT2D eigenvalue weighted by atomic mass is 79.9. The predicted molar refractivity (Wildman–Crippen MR) is 144 cm³/mol. The molecule has 0 spiro atoms. The number of rotatable bonds is 7. The fraction of sp³-hybridized carbons (Fsp3) is 0.250. The Balaban J connectivity index is 0.000000398. The van der Waals surface area contributed by atoms with Gasteiger partial charge in [-0.3, -0.25) is 4.79 Å². The summed E-state index contributed by atoms with van der Waals surface area (Å²) >= 11 is 2.96. The highest BCUT2D eigenvalue weighted by molar-refractivity contribution is 9.10. The molecule has 0 saturated heterocycles. The SMILES string of the molecule is COc1cccc(-c2ncc(F)cn2)c1C(=O)N[C@H]1CCC[C@@H]1COc1ccc(F)cc1.Fc1cnc(Br)nc1. The van der Waals surface area contributed by atoms with E-state index in [1.54, 1.807) is 30.3 Å². The van der Waals surface area contributed by atoms with E-state index in [2.05, 4.69) is 41.2 Å². The number of benzene rings is 2. The summed E-state index contributed by atoms with van der Waals surface area (Å²) in [5.74, 6) is -0.299. The van der Waals surface area contributed by atoms with Crippen molar-refractivity contribution >= 4 is 21.8 Å². The van der Waals surface area contributed by atoms with Crippen molar-refractivity contribution in [2.75, 3.05) is 13.7 Å². The number of amides is 1. The van der Waals surface area contributed by atoms with Gasteiger partial charge in [0.15, 0.2) is 22.2 Å². The molecule has 1 fully saturated rings. The van der Waals surface area contributed by atoms with E-state index in [0.29, 0.717) is 34.0 Å². The minimum absolute atomic E-state index is 0.0881. The third-order valence-electron chi connectivity index (χ3n) is 6.18. The Morgan fingerprint density at radius 3 is 2.20 bits per heavy atom. The quantitative estimate of drug-likeness (QED) is 0.263. The molecule has 40 heavy (non-hydrogen) atoms. The summed E-state index contributed by atoms with van der Waals surface area (Å²) in [6, 6.07) is 10.9. The predicted octanol–water partition coefficient (Wildman–Crippen LogP) is 5.79. The van der Waals surface area contributed by atoms with Crippen molar-refractivity contribution in [2.45, 2.75) is 25.3 Å². The second-order valence-corrected chi connectivity index (χ2v) is 9.52. The summed E-state index contributed by atoms with van der Waals surface area (Å²) in [5.41, 5.74) is 0.755. The van der Waals surface area contributed by atoms with E-state index in [1.807, 2.05) is 0 Å². The van der Waals surface area contributed by atoms with Crippen LogP contribution in [0.1, 0.15) is 29.6 Å². The van der Waals surface area contributed by atoms with Crippen LogP contribution in [0.15, 0.2) is 72.0 Å². The number of halogens is 4. The average Bonchev–Trinajstić information content (AvgIpc) is 3.41. The van der Waals surface area contributed by atoms with E-state index < -0.39 is 11.6 Å². The largest absolute Gasteiger partial charge is 0.496 e. The van der Waals surface area contributed by atoms with Crippen LogP contribution in [0, 0.1) is 23.4 Å². The van der Waals surface area contributed by atoms with Gasteiger partial charge in [0.1, 0.15) is 17.3 Å². The van der Waals surface area contributed by atoms with Crippen LogP contribution in [0.25, 0.3) is 11.4 Å². The minimum atomic E-state index is -0.558.